The van der Waals surface area contributed by atoms with Crippen molar-refractivity contribution in [3.05, 3.63) is 41.3 Å². The number of nitrogens with one attached hydrogen (secondary N) is 3. The van der Waals surface area contributed by atoms with Crippen LogP contribution < -0.4 is 20.1 Å². The summed E-state index contributed by atoms with van der Waals surface area (Å²) in [5.74, 6) is 0.502. The lowest BCUT2D eigenvalue weighted by atomic mass is 9.95. The first-order valence-electron chi connectivity index (χ1n) is 8.78. The van der Waals surface area contributed by atoms with E-state index in [0.29, 0.717) is 33.5 Å². The van der Waals surface area contributed by atoms with Crippen molar-refractivity contribution in [2.24, 2.45) is 0 Å². The van der Waals surface area contributed by atoms with E-state index in [2.05, 4.69) is 15.4 Å². The average molecular weight is 408 g/mol. The maximum absolute atomic E-state index is 12.5. The minimum Gasteiger partial charge on any atom is -0.447 e. The third-order valence-electron chi connectivity index (χ3n) is 4.80. The van der Waals surface area contributed by atoms with Crippen LogP contribution in [0.4, 0.5) is 5.69 Å². The lowest BCUT2D eigenvalue weighted by Crippen LogP contribution is -2.42. The third kappa shape index (κ3) is 4.42. The third-order valence-corrected chi connectivity index (χ3v) is 6.37. The van der Waals surface area contributed by atoms with Crippen LogP contribution >= 0.6 is 11.3 Å². The van der Waals surface area contributed by atoms with Crippen LogP contribution in [0.3, 0.4) is 0 Å². The molecule has 3 N–H and O–H groups in total. The number of ether oxygens (including phenoxy) is 1. The molecule has 2 aliphatic heterocycles. The summed E-state index contributed by atoms with van der Waals surface area (Å²) in [7, 11) is -3.31. The van der Waals surface area contributed by atoms with Gasteiger partial charge in [0.1, 0.15) is 5.75 Å². The summed E-state index contributed by atoms with van der Waals surface area (Å²) in [5, 5.41) is 7.24. The molecule has 0 aliphatic carbocycles. The number of hydrogen-bond donors (Lipinski definition) is 3. The van der Waals surface area contributed by atoms with E-state index in [1.807, 2.05) is 0 Å². The number of hydrogen-bond acceptors (Lipinski definition) is 6. The first-order valence-corrected chi connectivity index (χ1v) is 11.5. The minimum absolute atomic E-state index is 0.0677. The van der Waals surface area contributed by atoms with Crippen molar-refractivity contribution in [2.45, 2.75) is 37.4 Å². The largest absolute Gasteiger partial charge is 0.447 e. The second-order valence-electron chi connectivity index (χ2n) is 6.98. The van der Waals surface area contributed by atoms with E-state index < -0.39 is 10.0 Å². The molecular formula is C18H21N3O4S2. The van der Waals surface area contributed by atoms with Crippen molar-refractivity contribution in [1.82, 2.24) is 10.6 Å². The molecule has 0 saturated carbocycles. The van der Waals surface area contributed by atoms with Crippen LogP contribution in [0.1, 0.15) is 28.9 Å². The number of amides is 1. The molecule has 0 spiro atoms. The van der Waals surface area contributed by atoms with Crippen molar-refractivity contribution in [3.8, 4) is 10.8 Å². The number of carbonyl (C=O) groups is 1. The van der Waals surface area contributed by atoms with Gasteiger partial charge in [-0.25, -0.2) is 8.42 Å². The number of rotatable bonds is 6. The van der Waals surface area contributed by atoms with E-state index in [4.69, 9.17) is 4.74 Å². The van der Waals surface area contributed by atoms with Gasteiger partial charge in [0.05, 0.1) is 11.1 Å². The fourth-order valence-electron chi connectivity index (χ4n) is 3.64. The molecule has 2 bridgehead atoms. The van der Waals surface area contributed by atoms with E-state index in [1.165, 1.54) is 17.8 Å². The Bertz CT molecular complexity index is 940. The maximum Gasteiger partial charge on any atom is 0.261 e. The van der Waals surface area contributed by atoms with Crippen LogP contribution in [0.25, 0.3) is 0 Å². The summed E-state index contributed by atoms with van der Waals surface area (Å²) >= 11 is 1.29. The Hall–Kier alpha value is -2.10. The van der Waals surface area contributed by atoms with Crippen LogP contribution in [0.5, 0.6) is 10.8 Å². The Morgan fingerprint density at radius 1 is 1.19 bits per heavy atom. The molecule has 27 heavy (non-hydrogen) atoms. The molecule has 2 aliphatic rings. The van der Waals surface area contributed by atoms with Crippen LogP contribution in [-0.4, -0.2) is 38.7 Å². The number of sulfonamides is 1. The molecule has 1 aromatic carbocycles. The van der Waals surface area contributed by atoms with E-state index in [1.54, 1.807) is 36.4 Å². The Labute approximate surface area is 162 Å². The molecule has 4 rings (SSSR count). The molecule has 2 aromatic rings. The second-order valence-corrected chi connectivity index (χ2v) is 9.78. The summed E-state index contributed by atoms with van der Waals surface area (Å²) < 4.78 is 30.6. The SMILES string of the molecule is CS(=O)(=O)Nc1ccc(Oc2ccc(C(=O)N[C@@H]3C[C@H]4CC[C@@H]3N4)s2)cc1. The highest BCUT2D eigenvalue weighted by molar-refractivity contribution is 7.92. The summed E-state index contributed by atoms with van der Waals surface area (Å²) in [5.41, 5.74) is 0.468. The van der Waals surface area contributed by atoms with Gasteiger partial charge in [-0.05, 0) is 55.7 Å². The summed E-state index contributed by atoms with van der Waals surface area (Å²) in [6.07, 6.45) is 4.42. The molecule has 0 unspecified atom stereocenters. The Morgan fingerprint density at radius 3 is 2.59 bits per heavy atom. The van der Waals surface area contributed by atoms with Crippen molar-refractivity contribution in [3.63, 3.8) is 0 Å². The van der Waals surface area contributed by atoms with Crippen molar-refractivity contribution in [2.75, 3.05) is 11.0 Å². The standard InChI is InChI=1S/C18H21N3O4S2/c1-27(23,24)21-11-2-5-13(6-3-11)25-17-9-8-16(26-17)18(22)20-15-10-12-4-7-14(15)19-12/h2-3,5-6,8-9,12,14-15,19,21H,4,7,10H2,1H3,(H,20,22)/t12-,14+,15-/m1/s1. The van der Waals surface area contributed by atoms with E-state index in [-0.39, 0.29) is 11.9 Å². The highest BCUT2D eigenvalue weighted by Gasteiger charge is 2.39. The topological polar surface area (TPSA) is 96.5 Å². The lowest BCUT2D eigenvalue weighted by molar-refractivity contribution is 0.0935. The normalized spacial score (nSPS) is 24.0. The van der Waals surface area contributed by atoms with Crippen molar-refractivity contribution < 1.29 is 17.9 Å². The molecule has 2 saturated heterocycles. The summed E-state index contributed by atoms with van der Waals surface area (Å²) in [6, 6.07) is 11.3. The molecular weight excluding hydrogens is 386 g/mol. The first-order chi connectivity index (χ1) is 12.9. The van der Waals surface area contributed by atoms with Crippen molar-refractivity contribution >= 4 is 33.0 Å². The van der Waals surface area contributed by atoms with Crippen molar-refractivity contribution in [1.29, 1.82) is 0 Å². The van der Waals surface area contributed by atoms with Crippen LogP contribution in [0.2, 0.25) is 0 Å². The molecule has 1 aromatic heterocycles. The highest BCUT2D eigenvalue weighted by atomic mass is 32.2. The van der Waals surface area contributed by atoms with Gasteiger partial charge < -0.3 is 15.4 Å². The van der Waals surface area contributed by atoms with Crippen LogP contribution in [0, 0.1) is 0 Å². The van der Waals surface area contributed by atoms with Gasteiger partial charge >= 0.3 is 0 Å². The molecule has 2 fully saturated rings. The highest BCUT2D eigenvalue weighted by Crippen LogP contribution is 2.32. The number of carbonyl (C=O) groups excluding carboxylic acids is 1. The molecule has 7 nitrogen and oxygen atoms in total. The van der Waals surface area contributed by atoms with E-state index in [0.717, 1.165) is 19.1 Å². The predicted octanol–water partition coefficient (Wildman–Crippen LogP) is 2.53. The number of fused-ring (bicyclic) bond motifs is 2. The Kier molecular flexibility index (Phi) is 4.83. The zero-order valence-electron chi connectivity index (χ0n) is 14.8. The molecule has 3 atom stereocenters. The lowest BCUT2D eigenvalue weighted by Gasteiger charge is -2.20. The quantitative estimate of drug-likeness (QED) is 0.684. The maximum atomic E-state index is 12.5. The van der Waals surface area contributed by atoms with Crippen LogP contribution in [0.15, 0.2) is 36.4 Å². The first kappa shape index (κ1) is 18.3. The van der Waals surface area contributed by atoms with Gasteiger partial charge in [-0.2, -0.15) is 0 Å². The minimum atomic E-state index is -3.31. The fraction of sp³-hybridized carbons (Fsp3) is 0.389. The van der Waals surface area contributed by atoms with Gasteiger partial charge in [-0.1, -0.05) is 11.3 Å². The number of benzene rings is 1. The van der Waals surface area contributed by atoms with Gasteiger partial charge in [0.2, 0.25) is 10.0 Å². The molecule has 144 valence electrons. The fourth-order valence-corrected chi connectivity index (χ4v) is 4.98. The molecule has 3 heterocycles. The van der Waals surface area contributed by atoms with Gasteiger partial charge in [0.15, 0.2) is 5.06 Å². The predicted molar refractivity (Wildman–Crippen MR) is 105 cm³/mol. The Morgan fingerprint density at radius 2 is 1.96 bits per heavy atom. The van der Waals surface area contributed by atoms with Gasteiger partial charge in [-0.15, -0.1) is 0 Å². The molecule has 9 heteroatoms. The average Bonchev–Trinajstić information content (AvgIpc) is 3.32. The van der Waals surface area contributed by atoms with E-state index in [9.17, 15) is 13.2 Å². The van der Waals surface area contributed by atoms with Gasteiger partial charge in [-0.3, -0.25) is 9.52 Å². The van der Waals surface area contributed by atoms with Gasteiger partial charge in [0.25, 0.3) is 5.91 Å². The molecule has 1 amide bonds. The monoisotopic (exact) mass is 407 g/mol. The number of thiophene rings is 1. The Balaban J connectivity index is 1.35. The van der Waals surface area contributed by atoms with Gasteiger partial charge in [0, 0.05) is 23.8 Å². The van der Waals surface area contributed by atoms with E-state index >= 15 is 0 Å². The second kappa shape index (κ2) is 7.14. The summed E-state index contributed by atoms with van der Waals surface area (Å²) in [4.78, 5) is 13.1. The number of anilines is 1. The zero-order chi connectivity index (χ0) is 19.0. The summed E-state index contributed by atoms with van der Waals surface area (Å²) in [6.45, 7) is 0. The smallest absolute Gasteiger partial charge is 0.261 e. The van der Waals surface area contributed by atoms with Crippen LogP contribution in [-0.2, 0) is 10.0 Å². The zero-order valence-corrected chi connectivity index (χ0v) is 16.4. The molecule has 0 radical (unpaired) electrons.